The SMILES string of the molecule is CCCCOc1ccnc(C(=O)N[C@H]2COc3ccccc3N(C)C2=O)c1. The number of aromatic nitrogens is 1. The van der Waals surface area contributed by atoms with E-state index in [4.69, 9.17) is 9.47 Å². The van der Waals surface area contributed by atoms with Gasteiger partial charge in [-0.05, 0) is 24.6 Å². The van der Waals surface area contributed by atoms with Crippen LogP contribution in [-0.4, -0.2) is 43.1 Å². The van der Waals surface area contributed by atoms with Gasteiger partial charge in [-0.15, -0.1) is 0 Å². The van der Waals surface area contributed by atoms with E-state index in [1.807, 2.05) is 12.1 Å². The number of para-hydroxylation sites is 2. The summed E-state index contributed by atoms with van der Waals surface area (Å²) in [5.41, 5.74) is 0.866. The van der Waals surface area contributed by atoms with Crippen molar-refractivity contribution >= 4 is 17.5 Å². The molecule has 1 aromatic carbocycles. The van der Waals surface area contributed by atoms with Gasteiger partial charge in [0.1, 0.15) is 29.8 Å². The molecule has 0 fully saturated rings. The molecule has 0 radical (unpaired) electrons. The van der Waals surface area contributed by atoms with E-state index < -0.39 is 11.9 Å². The largest absolute Gasteiger partial charge is 0.493 e. The van der Waals surface area contributed by atoms with E-state index in [1.165, 1.54) is 11.1 Å². The zero-order chi connectivity index (χ0) is 19.2. The van der Waals surface area contributed by atoms with Crippen LogP contribution in [0.5, 0.6) is 11.5 Å². The summed E-state index contributed by atoms with van der Waals surface area (Å²) >= 11 is 0. The molecule has 1 aliphatic rings. The minimum absolute atomic E-state index is 0.0542. The van der Waals surface area contributed by atoms with Crippen molar-refractivity contribution in [2.75, 3.05) is 25.2 Å². The third kappa shape index (κ3) is 4.36. The Labute approximate surface area is 158 Å². The number of benzene rings is 1. The van der Waals surface area contributed by atoms with Gasteiger partial charge in [-0.25, -0.2) is 0 Å². The van der Waals surface area contributed by atoms with Crippen molar-refractivity contribution in [2.45, 2.75) is 25.8 Å². The van der Waals surface area contributed by atoms with Gasteiger partial charge in [0, 0.05) is 19.3 Å². The Morgan fingerprint density at radius 1 is 1.37 bits per heavy atom. The lowest BCUT2D eigenvalue weighted by Crippen LogP contribution is -2.49. The highest BCUT2D eigenvalue weighted by atomic mass is 16.5. The molecular formula is C20H23N3O4. The standard InChI is InChI=1S/C20H23N3O4/c1-3-4-11-26-14-9-10-21-15(12-14)19(24)22-16-13-27-18-8-6-5-7-17(18)23(2)20(16)25/h5-10,12,16H,3-4,11,13H2,1-2H3,(H,22,24)/t16-/m0/s1. The summed E-state index contributed by atoms with van der Waals surface area (Å²) in [5, 5.41) is 2.71. The summed E-state index contributed by atoms with van der Waals surface area (Å²) in [5.74, 6) is 0.493. The number of hydrogen-bond donors (Lipinski definition) is 1. The molecule has 0 bridgehead atoms. The highest BCUT2D eigenvalue weighted by Gasteiger charge is 2.30. The number of unbranched alkanes of at least 4 members (excludes halogenated alkanes) is 1. The Morgan fingerprint density at radius 3 is 3.00 bits per heavy atom. The van der Waals surface area contributed by atoms with Gasteiger partial charge in [0.15, 0.2) is 0 Å². The van der Waals surface area contributed by atoms with E-state index in [-0.39, 0.29) is 18.2 Å². The first kappa shape index (κ1) is 18.7. The monoisotopic (exact) mass is 369 g/mol. The average molecular weight is 369 g/mol. The number of nitrogens with one attached hydrogen (secondary N) is 1. The molecule has 0 aliphatic carbocycles. The number of rotatable bonds is 6. The number of fused-ring (bicyclic) bond motifs is 1. The Kier molecular flexibility index (Phi) is 5.90. The smallest absolute Gasteiger partial charge is 0.270 e. The van der Waals surface area contributed by atoms with E-state index in [1.54, 1.807) is 31.3 Å². The molecule has 27 heavy (non-hydrogen) atoms. The molecule has 142 valence electrons. The Hall–Kier alpha value is -3.09. The number of nitrogens with zero attached hydrogens (tertiary/aromatic N) is 2. The van der Waals surface area contributed by atoms with Gasteiger partial charge < -0.3 is 19.7 Å². The van der Waals surface area contributed by atoms with Gasteiger partial charge in [-0.1, -0.05) is 25.5 Å². The van der Waals surface area contributed by atoms with E-state index in [0.717, 1.165) is 12.8 Å². The van der Waals surface area contributed by atoms with Crippen molar-refractivity contribution in [1.29, 1.82) is 0 Å². The lowest BCUT2D eigenvalue weighted by atomic mass is 10.2. The van der Waals surface area contributed by atoms with Crippen LogP contribution in [0.3, 0.4) is 0 Å². The quantitative estimate of drug-likeness (QED) is 0.791. The fourth-order valence-corrected chi connectivity index (χ4v) is 2.75. The van der Waals surface area contributed by atoms with Gasteiger partial charge in [-0.2, -0.15) is 0 Å². The second-order valence-electron chi connectivity index (χ2n) is 6.28. The molecule has 0 spiro atoms. The van der Waals surface area contributed by atoms with Gasteiger partial charge in [-0.3, -0.25) is 14.6 Å². The second-order valence-corrected chi connectivity index (χ2v) is 6.28. The van der Waals surface area contributed by atoms with Crippen molar-refractivity contribution in [3.63, 3.8) is 0 Å². The number of ether oxygens (including phenoxy) is 2. The van der Waals surface area contributed by atoms with Crippen molar-refractivity contribution in [1.82, 2.24) is 10.3 Å². The van der Waals surface area contributed by atoms with Gasteiger partial charge in [0.05, 0.1) is 12.3 Å². The Balaban J connectivity index is 1.69. The number of hydrogen-bond acceptors (Lipinski definition) is 5. The third-order valence-corrected chi connectivity index (χ3v) is 4.30. The topological polar surface area (TPSA) is 80.8 Å². The van der Waals surface area contributed by atoms with Crippen LogP contribution in [0.15, 0.2) is 42.6 Å². The van der Waals surface area contributed by atoms with Crippen molar-refractivity contribution < 1.29 is 19.1 Å². The molecule has 0 unspecified atom stereocenters. The molecule has 0 saturated carbocycles. The summed E-state index contributed by atoms with van der Waals surface area (Å²) in [6, 6.07) is 9.74. The summed E-state index contributed by atoms with van der Waals surface area (Å²) in [6.45, 7) is 2.72. The molecule has 0 saturated heterocycles. The Morgan fingerprint density at radius 2 is 2.19 bits per heavy atom. The first-order valence-corrected chi connectivity index (χ1v) is 8.99. The van der Waals surface area contributed by atoms with Gasteiger partial charge in [0.2, 0.25) is 0 Å². The predicted octanol–water partition coefficient (Wildman–Crippen LogP) is 2.41. The summed E-state index contributed by atoms with van der Waals surface area (Å²) < 4.78 is 11.3. The highest BCUT2D eigenvalue weighted by molar-refractivity contribution is 6.02. The fourth-order valence-electron chi connectivity index (χ4n) is 2.75. The van der Waals surface area contributed by atoms with Crippen LogP contribution in [-0.2, 0) is 4.79 Å². The minimum Gasteiger partial charge on any atom is -0.493 e. The number of amides is 2. The van der Waals surface area contributed by atoms with E-state index >= 15 is 0 Å². The summed E-state index contributed by atoms with van der Waals surface area (Å²) in [6.07, 6.45) is 3.48. The normalized spacial score (nSPS) is 16.1. The highest BCUT2D eigenvalue weighted by Crippen LogP contribution is 2.29. The van der Waals surface area contributed by atoms with Crippen molar-refractivity contribution in [3.8, 4) is 11.5 Å². The maximum atomic E-state index is 12.7. The zero-order valence-corrected chi connectivity index (χ0v) is 15.5. The van der Waals surface area contributed by atoms with Crippen LogP contribution in [0, 0.1) is 0 Å². The number of carbonyl (C=O) groups excluding carboxylic acids is 2. The van der Waals surface area contributed by atoms with Gasteiger partial charge in [0.25, 0.3) is 11.8 Å². The molecule has 2 aromatic rings. The van der Waals surface area contributed by atoms with Crippen LogP contribution >= 0.6 is 0 Å². The minimum atomic E-state index is -0.804. The summed E-state index contributed by atoms with van der Waals surface area (Å²) in [4.78, 5) is 30.9. The molecule has 1 aromatic heterocycles. The van der Waals surface area contributed by atoms with Crippen LogP contribution < -0.4 is 19.7 Å². The molecule has 2 amide bonds. The first-order chi connectivity index (χ1) is 13.1. The molecule has 3 rings (SSSR count). The van der Waals surface area contributed by atoms with Gasteiger partial charge >= 0.3 is 0 Å². The molecular weight excluding hydrogens is 346 g/mol. The first-order valence-electron chi connectivity index (χ1n) is 8.99. The molecule has 2 heterocycles. The molecule has 7 nitrogen and oxygen atoms in total. The summed E-state index contributed by atoms with van der Waals surface area (Å²) in [7, 11) is 1.66. The number of carbonyl (C=O) groups is 2. The average Bonchev–Trinajstić information content (AvgIpc) is 2.81. The van der Waals surface area contributed by atoms with E-state index in [9.17, 15) is 9.59 Å². The zero-order valence-electron chi connectivity index (χ0n) is 15.5. The second kappa shape index (κ2) is 8.53. The Bertz CT molecular complexity index is 824. The number of pyridine rings is 1. The van der Waals surface area contributed by atoms with Crippen LogP contribution in [0.2, 0.25) is 0 Å². The number of anilines is 1. The molecule has 7 heteroatoms. The third-order valence-electron chi connectivity index (χ3n) is 4.30. The van der Waals surface area contributed by atoms with Crippen molar-refractivity contribution in [2.24, 2.45) is 0 Å². The van der Waals surface area contributed by atoms with E-state index in [2.05, 4.69) is 17.2 Å². The fraction of sp³-hybridized carbons (Fsp3) is 0.350. The van der Waals surface area contributed by atoms with E-state index in [0.29, 0.717) is 23.8 Å². The van der Waals surface area contributed by atoms with Crippen LogP contribution in [0.4, 0.5) is 5.69 Å². The maximum Gasteiger partial charge on any atom is 0.270 e. The molecule has 1 aliphatic heterocycles. The maximum absolute atomic E-state index is 12.7. The van der Waals surface area contributed by atoms with Crippen molar-refractivity contribution in [3.05, 3.63) is 48.3 Å². The lowest BCUT2D eigenvalue weighted by Gasteiger charge is -2.20. The van der Waals surface area contributed by atoms with Crippen LogP contribution in [0.25, 0.3) is 0 Å². The van der Waals surface area contributed by atoms with Crippen LogP contribution in [0.1, 0.15) is 30.3 Å². The number of likely N-dealkylation sites (N-methyl/N-ethyl adjacent to an activating group) is 1. The predicted molar refractivity (Wildman–Crippen MR) is 101 cm³/mol. The lowest BCUT2D eigenvalue weighted by molar-refractivity contribution is -0.120. The molecule has 1 N–H and O–H groups in total. The molecule has 1 atom stereocenters.